The van der Waals surface area contributed by atoms with Crippen LogP contribution in [0.4, 0.5) is 17.5 Å². The zero-order valence-corrected chi connectivity index (χ0v) is 18.1. The molecule has 0 spiro atoms. The van der Waals surface area contributed by atoms with Crippen molar-refractivity contribution in [2.75, 3.05) is 17.8 Å². The average Bonchev–Trinajstić information content (AvgIpc) is 3.22. The third kappa shape index (κ3) is 4.23. The van der Waals surface area contributed by atoms with Crippen molar-refractivity contribution in [3.05, 3.63) is 59.8 Å². The summed E-state index contributed by atoms with van der Waals surface area (Å²) in [6.07, 6.45) is 9.57. The van der Waals surface area contributed by atoms with E-state index in [0.717, 1.165) is 0 Å². The van der Waals surface area contributed by atoms with E-state index in [-0.39, 0.29) is 12.1 Å². The lowest BCUT2D eigenvalue weighted by Gasteiger charge is -2.10. The Kier molecular flexibility index (Phi) is 5.15. The summed E-state index contributed by atoms with van der Waals surface area (Å²) in [7, 11) is -0.596. The molecule has 0 amide bonds. The van der Waals surface area contributed by atoms with Crippen LogP contribution in [-0.2, 0) is 23.3 Å². The van der Waals surface area contributed by atoms with Crippen molar-refractivity contribution >= 4 is 38.2 Å². The minimum Gasteiger partial charge on any atom is -0.321 e. The Balaban J connectivity index is 1.92. The number of hydrogen-bond acceptors (Lipinski definition) is 8. The molecule has 0 atom stereocenters. The molecule has 0 bridgehead atoms. The van der Waals surface area contributed by atoms with Crippen LogP contribution in [0.3, 0.4) is 0 Å². The van der Waals surface area contributed by atoms with Gasteiger partial charge in [-0.2, -0.15) is 14.4 Å². The molecule has 12 heteroatoms. The van der Waals surface area contributed by atoms with Gasteiger partial charge in [-0.25, -0.2) is 23.5 Å². The standard InChI is InChI=1S/C19H21N9O2S/c1-5-9-27-18(29)14-11-20-19(22-13-10-21-26(2)12-13)24-17(14)28(27)16-8-6-7-15(23-16)25-31(3,4)30/h5-8,10-12H,1,9H2,2-4H3,(H,20,22,24). The topological polar surface area (TPSA) is 125 Å². The van der Waals surface area contributed by atoms with Crippen molar-refractivity contribution in [1.29, 1.82) is 0 Å². The first-order valence-electron chi connectivity index (χ1n) is 9.25. The molecule has 0 radical (unpaired) electrons. The fourth-order valence-corrected chi connectivity index (χ4v) is 3.58. The summed E-state index contributed by atoms with van der Waals surface area (Å²) in [4.78, 5) is 26.3. The Labute approximate surface area is 178 Å². The lowest BCUT2D eigenvalue weighted by atomic mass is 10.4. The van der Waals surface area contributed by atoms with E-state index >= 15 is 0 Å². The number of rotatable bonds is 6. The van der Waals surface area contributed by atoms with Crippen molar-refractivity contribution in [1.82, 2.24) is 34.1 Å². The molecule has 0 saturated heterocycles. The number of nitrogens with zero attached hydrogens (tertiary/aromatic N) is 8. The molecule has 11 nitrogen and oxygen atoms in total. The lowest BCUT2D eigenvalue weighted by Crippen LogP contribution is -2.22. The molecule has 0 aromatic carbocycles. The Morgan fingerprint density at radius 1 is 1.26 bits per heavy atom. The third-order valence-electron chi connectivity index (χ3n) is 4.19. The van der Waals surface area contributed by atoms with Crippen LogP contribution in [-0.4, -0.2) is 50.8 Å². The highest BCUT2D eigenvalue weighted by Crippen LogP contribution is 2.20. The summed E-state index contributed by atoms with van der Waals surface area (Å²) in [5.41, 5.74) is 0.800. The van der Waals surface area contributed by atoms with Crippen molar-refractivity contribution in [2.45, 2.75) is 6.54 Å². The normalized spacial score (nSPS) is 11.6. The van der Waals surface area contributed by atoms with E-state index in [1.165, 1.54) is 23.4 Å². The molecule has 0 aliphatic heterocycles. The lowest BCUT2D eigenvalue weighted by molar-refractivity contribution is 0.597. The van der Waals surface area contributed by atoms with Crippen LogP contribution in [0.2, 0.25) is 0 Å². The van der Waals surface area contributed by atoms with Crippen LogP contribution in [0.1, 0.15) is 0 Å². The number of aryl methyl sites for hydroxylation is 1. The van der Waals surface area contributed by atoms with E-state index in [4.69, 9.17) is 0 Å². The molecular formula is C19H21N9O2S. The van der Waals surface area contributed by atoms with Crippen LogP contribution >= 0.6 is 0 Å². The highest BCUT2D eigenvalue weighted by Gasteiger charge is 2.18. The fourth-order valence-electron chi connectivity index (χ4n) is 3.03. The highest BCUT2D eigenvalue weighted by molar-refractivity contribution is 7.92. The minimum absolute atomic E-state index is 0.238. The van der Waals surface area contributed by atoms with Gasteiger partial charge in [-0.05, 0) is 12.1 Å². The highest BCUT2D eigenvalue weighted by atomic mass is 32.2. The minimum atomic E-state index is -2.40. The van der Waals surface area contributed by atoms with Gasteiger partial charge in [-0.1, -0.05) is 12.1 Å². The molecule has 4 rings (SSSR count). The molecule has 4 aromatic heterocycles. The summed E-state index contributed by atoms with van der Waals surface area (Å²) in [5.74, 6) is 1.01. The first-order chi connectivity index (χ1) is 14.7. The first kappa shape index (κ1) is 20.5. The molecule has 4 aromatic rings. The van der Waals surface area contributed by atoms with Gasteiger partial charge >= 0.3 is 0 Å². The molecule has 0 aliphatic carbocycles. The van der Waals surface area contributed by atoms with Gasteiger partial charge in [-0.3, -0.25) is 9.48 Å². The number of fused-ring (bicyclic) bond motifs is 1. The monoisotopic (exact) mass is 439 g/mol. The summed E-state index contributed by atoms with van der Waals surface area (Å²) in [6.45, 7) is 3.97. The Hall–Kier alpha value is -3.80. The van der Waals surface area contributed by atoms with Gasteiger partial charge in [0.05, 0.1) is 18.4 Å². The van der Waals surface area contributed by atoms with Crippen molar-refractivity contribution in [3.63, 3.8) is 0 Å². The quantitative estimate of drug-likeness (QED) is 0.456. The summed E-state index contributed by atoms with van der Waals surface area (Å²) in [6, 6.07) is 5.11. The van der Waals surface area contributed by atoms with Crippen LogP contribution in [0.15, 0.2) is 58.6 Å². The van der Waals surface area contributed by atoms with Gasteiger partial charge < -0.3 is 5.32 Å². The van der Waals surface area contributed by atoms with Crippen LogP contribution in [0.25, 0.3) is 16.9 Å². The smallest absolute Gasteiger partial charge is 0.278 e. The summed E-state index contributed by atoms with van der Waals surface area (Å²) < 4.78 is 20.9. The largest absolute Gasteiger partial charge is 0.321 e. The number of allylic oxidation sites excluding steroid dienone is 1. The van der Waals surface area contributed by atoms with Crippen molar-refractivity contribution in [2.24, 2.45) is 11.4 Å². The van der Waals surface area contributed by atoms with Gasteiger partial charge in [-0.15, -0.1) is 6.58 Å². The molecule has 0 saturated carbocycles. The fraction of sp³-hybridized carbons (Fsp3) is 0.211. The SMILES string of the molecule is C=CCn1c(=O)c2cnc(Nc3cnn(C)c3)nc2n1-c1cccc(N=S(C)(C)=O)n1. The molecule has 4 heterocycles. The van der Waals surface area contributed by atoms with Gasteiger partial charge in [0, 0.05) is 41.7 Å². The van der Waals surface area contributed by atoms with Crippen LogP contribution in [0, 0.1) is 0 Å². The van der Waals surface area contributed by atoms with E-state index in [2.05, 4.69) is 36.3 Å². The van der Waals surface area contributed by atoms with Gasteiger partial charge in [0.15, 0.2) is 17.3 Å². The molecule has 0 unspecified atom stereocenters. The van der Waals surface area contributed by atoms with Gasteiger partial charge in [0.1, 0.15) is 5.39 Å². The van der Waals surface area contributed by atoms with E-state index in [1.807, 2.05) is 0 Å². The number of pyridine rings is 1. The van der Waals surface area contributed by atoms with E-state index < -0.39 is 9.73 Å². The molecule has 0 aliphatic rings. The van der Waals surface area contributed by atoms with Crippen LogP contribution in [0.5, 0.6) is 0 Å². The maximum atomic E-state index is 13.0. The number of anilines is 2. The summed E-state index contributed by atoms with van der Waals surface area (Å²) in [5, 5.41) is 7.51. The maximum Gasteiger partial charge on any atom is 0.278 e. The molecule has 31 heavy (non-hydrogen) atoms. The first-order valence-corrected chi connectivity index (χ1v) is 11.6. The predicted octanol–water partition coefficient (Wildman–Crippen LogP) is 2.00. The predicted molar refractivity (Wildman–Crippen MR) is 120 cm³/mol. The van der Waals surface area contributed by atoms with Gasteiger partial charge in [0.2, 0.25) is 5.95 Å². The Morgan fingerprint density at radius 2 is 2.06 bits per heavy atom. The Morgan fingerprint density at radius 3 is 2.74 bits per heavy atom. The number of aromatic nitrogens is 7. The second kappa shape index (κ2) is 7.80. The zero-order chi connectivity index (χ0) is 22.2. The van der Waals surface area contributed by atoms with Crippen LogP contribution < -0.4 is 10.9 Å². The van der Waals surface area contributed by atoms with Crippen molar-refractivity contribution < 1.29 is 4.21 Å². The number of nitrogens with one attached hydrogen (secondary N) is 1. The average molecular weight is 440 g/mol. The second-order valence-electron chi connectivity index (χ2n) is 7.07. The molecular weight excluding hydrogens is 418 g/mol. The summed E-state index contributed by atoms with van der Waals surface area (Å²) >= 11 is 0. The molecule has 0 fully saturated rings. The van der Waals surface area contributed by atoms with E-state index in [1.54, 1.807) is 53.1 Å². The maximum absolute atomic E-state index is 13.0. The molecule has 1 N–H and O–H groups in total. The van der Waals surface area contributed by atoms with Gasteiger partial charge in [0.25, 0.3) is 5.56 Å². The van der Waals surface area contributed by atoms with E-state index in [0.29, 0.717) is 34.3 Å². The third-order valence-corrected chi connectivity index (χ3v) is 4.82. The zero-order valence-electron chi connectivity index (χ0n) is 17.3. The van der Waals surface area contributed by atoms with E-state index in [9.17, 15) is 9.00 Å². The number of hydrogen-bond donors (Lipinski definition) is 1. The Bertz CT molecular complexity index is 1460. The molecule has 160 valence electrons. The second-order valence-corrected chi connectivity index (χ2v) is 9.62. The van der Waals surface area contributed by atoms with Crippen molar-refractivity contribution in [3.8, 4) is 5.82 Å².